The van der Waals surface area contributed by atoms with Crippen molar-refractivity contribution in [3.8, 4) is 0 Å². The molecule has 1 saturated carbocycles. The van der Waals surface area contributed by atoms with E-state index in [4.69, 9.17) is 5.73 Å². The van der Waals surface area contributed by atoms with Crippen LogP contribution in [-0.2, 0) is 10.0 Å². The SMILES string of the molecule is CC1(C)CCC(NS(=O)(=O)c2ccc(N)c(Br)c2)C1. The van der Waals surface area contributed by atoms with E-state index in [-0.39, 0.29) is 16.4 Å². The molecule has 0 heterocycles. The van der Waals surface area contributed by atoms with Crippen LogP contribution in [-0.4, -0.2) is 14.5 Å². The minimum absolute atomic E-state index is 0.0244. The molecule has 4 nitrogen and oxygen atoms in total. The summed E-state index contributed by atoms with van der Waals surface area (Å²) in [4.78, 5) is 0.248. The molecule has 1 unspecified atom stereocenters. The van der Waals surface area contributed by atoms with Crippen molar-refractivity contribution in [2.45, 2.75) is 44.0 Å². The number of halogens is 1. The molecule has 1 aliphatic carbocycles. The average molecular weight is 347 g/mol. The average Bonchev–Trinajstić information content (AvgIpc) is 2.61. The quantitative estimate of drug-likeness (QED) is 0.826. The Morgan fingerprint density at radius 1 is 1.42 bits per heavy atom. The van der Waals surface area contributed by atoms with Crippen molar-refractivity contribution in [2.24, 2.45) is 5.41 Å². The first-order valence-corrected chi connectivity index (χ1v) is 8.55. The number of nitrogens with one attached hydrogen (secondary N) is 1. The summed E-state index contributed by atoms with van der Waals surface area (Å²) in [5.74, 6) is 0. The van der Waals surface area contributed by atoms with Crippen molar-refractivity contribution in [3.05, 3.63) is 22.7 Å². The number of nitrogens with two attached hydrogens (primary N) is 1. The minimum atomic E-state index is -3.47. The molecule has 1 aromatic carbocycles. The Kier molecular flexibility index (Phi) is 3.95. The second-order valence-electron chi connectivity index (χ2n) is 5.91. The van der Waals surface area contributed by atoms with Gasteiger partial charge in [0, 0.05) is 16.2 Å². The largest absolute Gasteiger partial charge is 0.398 e. The van der Waals surface area contributed by atoms with Crippen LogP contribution in [0.4, 0.5) is 5.69 Å². The molecule has 1 fully saturated rings. The van der Waals surface area contributed by atoms with Gasteiger partial charge < -0.3 is 5.73 Å². The van der Waals surface area contributed by atoms with E-state index in [0.29, 0.717) is 10.2 Å². The van der Waals surface area contributed by atoms with Crippen molar-refractivity contribution in [3.63, 3.8) is 0 Å². The van der Waals surface area contributed by atoms with Gasteiger partial charge in [0.15, 0.2) is 0 Å². The number of sulfonamides is 1. The van der Waals surface area contributed by atoms with Crippen LogP contribution < -0.4 is 10.5 Å². The van der Waals surface area contributed by atoms with Crippen LogP contribution in [0.15, 0.2) is 27.6 Å². The van der Waals surface area contributed by atoms with Crippen molar-refractivity contribution in [1.82, 2.24) is 4.72 Å². The summed E-state index contributed by atoms with van der Waals surface area (Å²) < 4.78 is 28.0. The second kappa shape index (κ2) is 5.07. The van der Waals surface area contributed by atoms with Gasteiger partial charge in [0.25, 0.3) is 0 Å². The smallest absolute Gasteiger partial charge is 0.240 e. The Hall–Kier alpha value is -0.590. The summed E-state index contributed by atoms with van der Waals surface area (Å²) in [7, 11) is -3.47. The van der Waals surface area contributed by atoms with Gasteiger partial charge in [0.05, 0.1) is 4.90 Å². The molecule has 0 bridgehead atoms. The molecule has 0 aromatic heterocycles. The van der Waals surface area contributed by atoms with Gasteiger partial charge in [-0.3, -0.25) is 0 Å². The first-order chi connectivity index (χ1) is 8.70. The highest BCUT2D eigenvalue weighted by Crippen LogP contribution is 2.37. The van der Waals surface area contributed by atoms with Gasteiger partial charge in [0.2, 0.25) is 10.0 Å². The highest BCUT2D eigenvalue weighted by molar-refractivity contribution is 9.10. The molecule has 1 atom stereocenters. The van der Waals surface area contributed by atoms with Gasteiger partial charge in [-0.05, 0) is 58.8 Å². The Balaban J connectivity index is 2.17. The summed E-state index contributed by atoms with van der Waals surface area (Å²) in [6.07, 6.45) is 2.82. The maximum absolute atomic E-state index is 12.3. The molecule has 3 N–H and O–H groups in total. The Labute approximate surface area is 122 Å². The lowest BCUT2D eigenvalue weighted by Gasteiger charge is -2.18. The molecule has 0 amide bonds. The van der Waals surface area contributed by atoms with Gasteiger partial charge in [-0.2, -0.15) is 0 Å². The minimum Gasteiger partial charge on any atom is -0.398 e. The maximum Gasteiger partial charge on any atom is 0.240 e. The fourth-order valence-corrected chi connectivity index (χ4v) is 4.33. The Bertz CT molecular complexity index is 584. The van der Waals surface area contributed by atoms with E-state index >= 15 is 0 Å². The van der Waals surface area contributed by atoms with Crippen LogP contribution in [0.25, 0.3) is 0 Å². The van der Waals surface area contributed by atoms with E-state index in [1.54, 1.807) is 6.07 Å². The van der Waals surface area contributed by atoms with E-state index in [1.165, 1.54) is 12.1 Å². The number of nitrogen functional groups attached to an aromatic ring is 1. The fraction of sp³-hybridized carbons (Fsp3) is 0.538. The third kappa shape index (κ3) is 3.49. The zero-order valence-corrected chi connectivity index (χ0v) is 13.5. The van der Waals surface area contributed by atoms with Gasteiger partial charge in [-0.15, -0.1) is 0 Å². The number of anilines is 1. The topological polar surface area (TPSA) is 72.2 Å². The Morgan fingerprint density at radius 2 is 2.11 bits per heavy atom. The van der Waals surface area contributed by atoms with E-state index in [0.717, 1.165) is 19.3 Å². The van der Waals surface area contributed by atoms with Crippen LogP contribution in [0.1, 0.15) is 33.1 Å². The van der Waals surface area contributed by atoms with Gasteiger partial charge in [-0.25, -0.2) is 13.1 Å². The zero-order valence-electron chi connectivity index (χ0n) is 11.1. The molecular formula is C13H19BrN2O2S. The molecule has 0 radical (unpaired) electrons. The Morgan fingerprint density at radius 3 is 2.63 bits per heavy atom. The molecular weight excluding hydrogens is 328 g/mol. The monoisotopic (exact) mass is 346 g/mol. The highest BCUT2D eigenvalue weighted by Gasteiger charge is 2.33. The zero-order chi connectivity index (χ0) is 14.3. The molecule has 0 spiro atoms. The molecule has 6 heteroatoms. The third-order valence-electron chi connectivity index (χ3n) is 3.57. The first-order valence-electron chi connectivity index (χ1n) is 6.27. The van der Waals surface area contributed by atoms with E-state index in [2.05, 4.69) is 34.5 Å². The fourth-order valence-electron chi connectivity index (χ4n) is 2.50. The summed E-state index contributed by atoms with van der Waals surface area (Å²) >= 11 is 3.25. The standard InChI is InChI=1S/C13H19BrN2O2S/c1-13(2)6-5-9(8-13)16-19(17,18)10-3-4-12(15)11(14)7-10/h3-4,7,9,16H,5-6,8,15H2,1-2H3. The summed E-state index contributed by atoms with van der Waals surface area (Å²) in [6, 6.07) is 4.69. The number of hydrogen-bond donors (Lipinski definition) is 2. The lowest BCUT2D eigenvalue weighted by molar-refractivity contribution is 0.372. The summed E-state index contributed by atoms with van der Waals surface area (Å²) in [6.45, 7) is 4.34. The molecule has 19 heavy (non-hydrogen) atoms. The summed E-state index contributed by atoms with van der Waals surface area (Å²) in [5.41, 5.74) is 6.41. The van der Waals surface area contributed by atoms with Crippen LogP contribution in [0.2, 0.25) is 0 Å². The summed E-state index contributed by atoms with van der Waals surface area (Å²) in [5, 5.41) is 0. The number of benzene rings is 1. The van der Waals surface area contributed by atoms with Crippen LogP contribution in [0.3, 0.4) is 0 Å². The maximum atomic E-state index is 12.3. The van der Waals surface area contributed by atoms with Crippen LogP contribution in [0.5, 0.6) is 0 Å². The van der Waals surface area contributed by atoms with Crippen LogP contribution in [0, 0.1) is 5.41 Å². The predicted octanol–water partition coefficient (Wildman–Crippen LogP) is 2.89. The molecule has 2 rings (SSSR count). The normalized spacial score (nSPS) is 22.6. The van der Waals surface area contributed by atoms with E-state index < -0.39 is 10.0 Å². The molecule has 106 valence electrons. The van der Waals surface area contributed by atoms with E-state index in [9.17, 15) is 8.42 Å². The van der Waals surface area contributed by atoms with E-state index in [1.807, 2.05) is 0 Å². The van der Waals surface area contributed by atoms with Gasteiger partial charge >= 0.3 is 0 Å². The van der Waals surface area contributed by atoms with Crippen molar-refractivity contribution in [1.29, 1.82) is 0 Å². The van der Waals surface area contributed by atoms with Crippen molar-refractivity contribution < 1.29 is 8.42 Å². The molecule has 0 saturated heterocycles. The molecule has 1 aromatic rings. The van der Waals surface area contributed by atoms with Crippen molar-refractivity contribution in [2.75, 3.05) is 5.73 Å². The molecule has 0 aliphatic heterocycles. The van der Waals surface area contributed by atoms with Crippen molar-refractivity contribution >= 4 is 31.6 Å². The third-order valence-corrected chi connectivity index (χ3v) is 5.78. The lowest BCUT2D eigenvalue weighted by atomic mass is 9.92. The highest BCUT2D eigenvalue weighted by atomic mass is 79.9. The van der Waals surface area contributed by atoms with Crippen LogP contribution >= 0.6 is 15.9 Å². The first kappa shape index (κ1) is 14.8. The van der Waals surface area contributed by atoms with Gasteiger partial charge in [-0.1, -0.05) is 13.8 Å². The van der Waals surface area contributed by atoms with Gasteiger partial charge in [0.1, 0.15) is 0 Å². The second-order valence-corrected chi connectivity index (χ2v) is 8.48. The predicted molar refractivity (Wildman–Crippen MR) is 80.3 cm³/mol. The lowest BCUT2D eigenvalue weighted by Crippen LogP contribution is -2.33. The number of rotatable bonds is 3. The number of hydrogen-bond acceptors (Lipinski definition) is 3. The molecule has 1 aliphatic rings.